The van der Waals surface area contributed by atoms with Crippen LogP contribution in [0.2, 0.25) is 0 Å². The molecular formula is C11H8N2OS2. The Hall–Kier alpha value is -1.30. The maximum Gasteiger partial charge on any atom is 0.118 e. The van der Waals surface area contributed by atoms with Crippen molar-refractivity contribution in [1.29, 1.82) is 0 Å². The molecule has 1 N–H and O–H groups in total. The van der Waals surface area contributed by atoms with Gasteiger partial charge in [0.05, 0.1) is 11.1 Å². The lowest BCUT2D eigenvalue weighted by Gasteiger charge is -2.08. The summed E-state index contributed by atoms with van der Waals surface area (Å²) in [6, 6.07) is 8.01. The molecule has 1 aromatic carbocycles. The zero-order chi connectivity index (χ0) is 11.0. The molecule has 2 aromatic heterocycles. The van der Waals surface area contributed by atoms with Crippen LogP contribution in [-0.4, -0.2) is 14.7 Å². The van der Waals surface area contributed by atoms with Crippen molar-refractivity contribution in [3.05, 3.63) is 46.3 Å². The van der Waals surface area contributed by atoms with Gasteiger partial charge in [0.25, 0.3) is 0 Å². The first-order valence-electron chi connectivity index (χ1n) is 4.77. The number of benzene rings is 1. The molecule has 0 amide bonds. The van der Waals surface area contributed by atoms with E-state index >= 15 is 0 Å². The van der Waals surface area contributed by atoms with E-state index in [4.69, 9.17) is 0 Å². The van der Waals surface area contributed by atoms with Gasteiger partial charge in [-0.05, 0) is 28.4 Å². The van der Waals surface area contributed by atoms with Gasteiger partial charge >= 0.3 is 0 Å². The summed E-state index contributed by atoms with van der Waals surface area (Å²) in [6.45, 7) is 0. The molecule has 0 aliphatic carbocycles. The minimum atomic E-state index is -0.623. The topological polar surface area (TPSA) is 46.0 Å². The van der Waals surface area contributed by atoms with Gasteiger partial charge in [0, 0.05) is 10.3 Å². The molecule has 2 heterocycles. The lowest BCUT2D eigenvalue weighted by molar-refractivity contribution is 0.225. The average Bonchev–Trinajstić information content (AvgIpc) is 2.98. The van der Waals surface area contributed by atoms with Gasteiger partial charge in [0.15, 0.2) is 0 Å². The molecule has 80 valence electrons. The van der Waals surface area contributed by atoms with Crippen molar-refractivity contribution >= 4 is 33.0 Å². The number of aromatic nitrogens is 2. The molecule has 0 saturated carbocycles. The molecule has 5 heteroatoms. The van der Waals surface area contributed by atoms with Crippen molar-refractivity contribution in [2.45, 2.75) is 6.10 Å². The fourth-order valence-corrected chi connectivity index (χ4v) is 3.13. The third-order valence-corrected chi connectivity index (χ3v) is 4.15. The lowest BCUT2D eigenvalue weighted by atomic mass is 10.1. The molecule has 1 atom stereocenters. The van der Waals surface area contributed by atoms with Crippen LogP contribution in [-0.2, 0) is 0 Å². The van der Waals surface area contributed by atoms with Gasteiger partial charge in [-0.2, -0.15) is 0 Å². The standard InChI is InChI=1S/C11H8N2OS2/c14-10(9-6-12-13-16-9)8-3-1-2-7-4-5-15-11(7)8/h1-6,10,14H. The van der Waals surface area contributed by atoms with Crippen LogP contribution in [0.15, 0.2) is 35.8 Å². The first-order chi connectivity index (χ1) is 7.86. The van der Waals surface area contributed by atoms with Crippen LogP contribution in [0.25, 0.3) is 10.1 Å². The third kappa shape index (κ3) is 1.53. The van der Waals surface area contributed by atoms with E-state index in [9.17, 15) is 5.11 Å². The number of hydrogen-bond donors (Lipinski definition) is 1. The molecule has 0 bridgehead atoms. The van der Waals surface area contributed by atoms with E-state index in [0.717, 1.165) is 15.1 Å². The summed E-state index contributed by atoms with van der Waals surface area (Å²) in [4.78, 5) is 0.779. The molecular weight excluding hydrogens is 240 g/mol. The van der Waals surface area contributed by atoms with Crippen LogP contribution < -0.4 is 0 Å². The van der Waals surface area contributed by atoms with Crippen molar-refractivity contribution in [1.82, 2.24) is 9.59 Å². The molecule has 0 fully saturated rings. The highest BCUT2D eigenvalue weighted by atomic mass is 32.1. The second-order valence-corrected chi connectivity index (χ2v) is 5.14. The van der Waals surface area contributed by atoms with E-state index in [1.807, 2.05) is 23.6 Å². The summed E-state index contributed by atoms with van der Waals surface area (Å²) in [5.74, 6) is 0. The Labute approximate surface area is 100 Å². The first kappa shape index (κ1) is 9.89. The number of hydrogen-bond acceptors (Lipinski definition) is 5. The van der Waals surface area contributed by atoms with Crippen molar-refractivity contribution in [2.75, 3.05) is 0 Å². The minimum Gasteiger partial charge on any atom is -0.383 e. The highest BCUT2D eigenvalue weighted by Crippen LogP contribution is 2.32. The van der Waals surface area contributed by atoms with E-state index in [0.29, 0.717) is 0 Å². The summed E-state index contributed by atoms with van der Waals surface area (Å²) in [5.41, 5.74) is 0.929. The Morgan fingerprint density at radius 1 is 1.25 bits per heavy atom. The van der Waals surface area contributed by atoms with Gasteiger partial charge in [0.1, 0.15) is 6.10 Å². The summed E-state index contributed by atoms with van der Waals surface area (Å²) in [5, 5.41) is 17.2. The molecule has 0 spiro atoms. The smallest absolute Gasteiger partial charge is 0.118 e. The fraction of sp³-hybridized carbons (Fsp3) is 0.0909. The Bertz CT molecular complexity index is 603. The van der Waals surface area contributed by atoms with E-state index in [1.165, 1.54) is 16.9 Å². The van der Waals surface area contributed by atoms with Gasteiger partial charge in [0.2, 0.25) is 0 Å². The Balaban J connectivity index is 2.15. The monoisotopic (exact) mass is 248 g/mol. The highest BCUT2D eigenvalue weighted by Gasteiger charge is 2.15. The maximum absolute atomic E-state index is 10.2. The van der Waals surface area contributed by atoms with Crippen molar-refractivity contribution in [3.63, 3.8) is 0 Å². The summed E-state index contributed by atoms with van der Waals surface area (Å²) >= 11 is 2.87. The Kier molecular flexibility index (Phi) is 2.43. The van der Waals surface area contributed by atoms with Gasteiger partial charge < -0.3 is 5.11 Å². The van der Waals surface area contributed by atoms with Gasteiger partial charge in [-0.3, -0.25) is 0 Å². The zero-order valence-corrected chi connectivity index (χ0v) is 9.83. The van der Waals surface area contributed by atoms with Crippen molar-refractivity contribution in [2.24, 2.45) is 0 Å². The number of nitrogens with zero attached hydrogens (tertiary/aromatic N) is 2. The Morgan fingerprint density at radius 3 is 3.00 bits per heavy atom. The molecule has 0 aliphatic rings. The van der Waals surface area contributed by atoms with E-state index in [-0.39, 0.29) is 0 Å². The number of aliphatic hydroxyl groups is 1. The summed E-state index contributed by atoms with van der Waals surface area (Å²) in [6.07, 6.45) is 0.990. The SMILES string of the molecule is OC(c1cnns1)c1cccc2ccsc12. The fourth-order valence-electron chi connectivity index (χ4n) is 1.68. The highest BCUT2D eigenvalue weighted by molar-refractivity contribution is 7.17. The van der Waals surface area contributed by atoms with Crippen molar-refractivity contribution in [3.8, 4) is 0 Å². The normalized spacial score (nSPS) is 13.1. The number of fused-ring (bicyclic) bond motifs is 1. The second-order valence-electron chi connectivity index (χ2n) is 3.41. The van der Waals surface area contributed by atoms with Gasteiger partial charge in [-0.25, -0.2) is 0 Å². The molecule has 3 rings (SSSR count). The molecule has 3 aromatic rings. The number of thiophene rings is 1. The number of aliphatic hydroxyl groups excluding tert-OH is 1. The molecule has 3 nitrogen and oxygen atoms in total. The Morgan fingerprint density at radius 2 is 2.19 bits per heavy atom. The van der Waals surface area contributed by atoms with Crippen LogP contribution in [0.1, 0.15) is 16.5 Å². The van der Waals surface area contributed by atoms with Gasteiger partial charge in [-0.1, -0.05) is 22.7 Å². The van der Waals surface area contributed by atoms with Crippen LogP contribution in [0.4, 0.5) is 0 Å². The lowest BCUT2D eigenvalue weighted by Crippen LogP contribution is -1.96. The predicted molar refractivity (Wildman–Crippen MR) is 65.8 cm³/mol. The molecule has 16 heavy (non-hydrogen) atoms. The van der Waals surface area contributed by atoms with Gasteiger partial charge in [-0.15, -0.1) is 16.4 Å². The quantitative estimate of drug-likeness (QED) is 0.758. The van der Waals surface area contributed by atoms with Crippen LogP contribution in [0.3, 0.4) is 0 Å². The summed E-state index contributed by atoms with van der Waals surface area (Å²) in [7, 11) is 0. The van der Waals surface area contributed by atoms with E-state index in [1.54, 1.807) is 17.5 Å². The zero-order valence-electron chi connectivity index (χ0n) is 8.20. The third-order valence-electron chi connectivity index (χ3n) is 2.45. The first-order valence-corrected chi connectivity index (χ1v) is 6.43. The number of rotatable bonds is 2. The van der Waals surface area contributed by atoms with Crippen LogP contribution in [0, 0.1) is 0 Å². The minimum absolute atomic E-state index is 0.623. The molecule has 0 saturated heterocycles. The van der Waals surface area contributed by atoms with E-state index in [2.05, 4.69) is 15.7 Å². The van der Waals surface area contributed by atoms with Crippen molar-refractivity contribution < 1.29 is 5.11 Å². The molecule has 0 aliphatic heterocycles. The van der Waals surface area contributed by atoms with E-state index < -0.39 is 6.10 Å². The predicted octanol–water partition coefficient (Wildman–Crippen LogP) is 2.83. The largest absolute Gasteiger partial charge is 0.383 e. The summed E-state index contributed by atoms with van der Waals surface area (Å²) < 4.78 is 4.90. The maximum atomic E-state index is 10.2. The molecule has 1 unspecified atom stereocenters. The molecule has 0 radical (unpaired) electrons. The van der Waals surface area contributed by atoms with Crippen LogP contribution in [0.5, 0.6) is 0 Å². The van der Waals surface area contributed by atoms with Crippen LogP contribution >= 0.6 is 22.9 Å². The second kappa shape index (κ2) is 3.93. The average molecular weight is 248 g/mol.